The van der Waals surface area contributed by atoms with Crippen LogP contribution in [0.3, 0.4) is 0 Å². The highest BCUT2D eigenvalue weighted by Crippen LogP contribution is 2.27. The van der Waals surface area contributed by atoms with Crippen molar-refractivity contribution < 1.29 is 14.3 Å². The molecule has 0 saturated heterocycles. The van der Waals surface area contributed by atoms with Crippen LogP contribution >= 0.6 is 22.9 Å². The van der Waals surface area contributed by atoms with E-state index in [1.807, 2.05) is 17.5 Å². The summed E-state index contributed by atoms with van der Waals surface area (Å²) in [6, 6.07) is 7.30. The number of nitrogens with zero attached hydrogens (tertiary/aromatic N) is 1. The van der Waals surface area contributed by atoms with E-state index >= 15 is 0 Å². The summed E-state index contributed by atoms with van der Waals surface area (Å²) in [4.78, 5) is 31.8. The number of esters is 1. The fourth-order valence-corrected chi connectivity index (χ4v) is 3.47. The van der Waals surface area contributed by atoms with Gasteiger partial charge in [0, 0.05) is 21.7 Å². The smallest absolute Gasteiger partial charge is 0.339 e. The molecule has 6 nitrogen and oxygen atoms in total. The molecule has 1 aromatic carbocycles. The minimum Gasteiger partial charge on any atom is -0.465 e. The Morgan fingerprint density at radius 3 is 2.58 bits per heavy atom. The average molecular weight is 390 g/mol. The number of ether oxygens (including phenoxy) is 1. The fourth-order valence-electron chi connectivity index (χ4n) is 2.63. The molecule has 0 saturated carbocycles. The van der Waals surface area contributed by atoms with Crippen LogP contribution in [-0.4, -0.2) is 29.0 Å². The molecular weight excluding hydrogens is 374 g/mol. The first-order valence-corrected chi connectivity index (χ1v) is 8.96. The lowest BCUT2D eigenvalue weighted by Gasteiger charge is -2.02. The number of thiazole rings is 1. The van der Waals surface area contributed by atoms with Crippen molar-refractivity contribution in [2.75, 3.05) is 12.4 Å². The summed E-state index contributed by atoms with van der Waals surface area (Å²) in [5.41, 5.74) is 3.47. The third-order valence-electron chi connectivity index (χ3n) is 3.92. The maximum Gasteiger partial charge on any atom is 0.339 e. The molecular formula is C18H16ClN3O3S. The predicted octanol–water partition coefficient (Wildman–Crippen LogP) is 4.45. The van der Waals surface area contributed by atoms with E-state index in [2.05, 4.69) is 15.3 Å². The van der Waals surface area contributed by atoms with Crippen LogP contribution in [0.5, 0.6) is 0 Å². The van der Waals surface area contributed by atoms with Gasteiger partial charge in [0.15, 0.2) is 5.13 Å². The Morgan fingerprint density at radius 1 is 1.23 bits per heavy atom. The number of carbonyl (C=O) groups is 2. The van der Waals surface area contributed by atoms with Gasteiger partial charge in [-0.3, -0.25) is 10.1 Å². The van der Waals surface area contributed by atoms with Crippen LogP contribution in [0.4, 0.5) is 5.13 Å². The van der Waals surface area contributed by atoms with Crippen molar-refractivity contribution in [2.45, 2.75) is 13.8 Å². The van der Waals surface area contributed by atoms with Gasteiger partial charge in [0.25, 0.3) is 5.91 Å². The molecule has 0 unspecified atom stereocenters. The number of hydrogen-bond acceptors (Lipinski definition) is 5. The van der Waals surface area contributed by atoms with E-state index in [-0.39, 0.29) is 5.91 Å². The van der Waals surface area contributed by atoms with Crippen molar-refractivity contribution in [1.29, 1.82) is 0 Å². The van der Waals surface area contributed by atoms with Crippen LogP contribution in [0, 0.1) is 13.8 Å². The number of aromatic nitrogens is 2. The highest BCUT2D eigenvalue weighted by atomic mass is 35.5. The number of aryl methyl sites for hydroxylation is 1. The molecule has 134 valence electrons. The number of carbonyl (C=O) groups excluding carboxylic acids is 2. The van der Waals surface area contributed by atoms with Gasteiger partial charge in [-0.15, -0.1) is 11.3 Å². The molecule has 0 spiro atoms. The van der Waals surface area contributed by atoms with Crippen LogP contribution in [0.15, 0.2) is 29.6 Å². The van der Waals surface area contributed by atoms with E-state index in [4.69, 9.17) is 16.3 Å². The Hall–Kier alpha value is -2.64. The van der Waals surface area contributed by atoms with Gasteiger partial charge in [-0.05, 0) is 31.5 Å². The number of nitrogens with one attached hydrogen (secondary N) is 2. The van der Waals surface area contributed by atoms with E-state index in [1.165, 1.54) is 18.4 Å². The zero-order chi connectivity index (χ0) is 18.8. The number of hydrogen-bond donors (Lipinski definition) is 2. The maximum absolute atomic E-state index is 12.6. The van der Waals surface area contributed by atoms with Gasteiger partial charge in [-0.1, -0.05) is 23.7 Å². The van der Waals surface area contributed by atoms with Gasteiger partial charge < -0.3 is 9.72 Å². The van der Waals surface area contributed by atoms with Gasteiger partial charge >= 0.3 is 5.97 Å². The number of halogens is 1. The standard InChI is InChI=1S/C18H16ClN3O3S/c1-9-14(17(24)25-3)10(2)20-15(9)16(23)22-18-21-13(8-26-18)11-4-6-12(19)7-5-11/h4-8,20H,1-3H3,(H,21,22,23). The van der Waals surface area contributed by atoms with Gasteiger partial charge in [0.05, 0.1) is 18.4 Å². The van der Waals surface area contributed by atoms with Gasteiger partial charge in [-0.2, -0.15) is 0 Å². The summed E-state index contributed by atoms with van der Waals surface area (Å²) in [6.07, 6.45) is 0. The summed E-state index contributed by atoms with van der Waals surface area (Å²) in [5.74, 6) is -0.840. The molecule has 2 aromatic heterocycles. The zero-order valence-corrected chi connectivity index (χ0v) is 15.9. The van der Waals surface area contributed by atoms with E-state index in [9.17, 15) is 9.59 Å². The number of rotatable bonds is 4. The molecule has 0 bridgehead atoms. The summed E-state index contributed by atoms with van der Waals surface area (Å²) in [6.45, 7) is 3.42. The quantitative estimate of drug-likeness (QED) is 0.646. The van der Waals surface area contributed by atoms with Gasteiger partial charge in [0.2, 0.25) is 0 Å². The van der Waals surface area contributed by atoms with Crippen molar-refractivity contribution in [2.24, 2.45) is 0 Å². The number of amides is 1. The lowest BCUT2D eigenvalue weighted by atomic mass is 10.1. The lowest BCUT2D eigenvalue weighted by Crippen LogP contribution is -2.14. The molecule has 26 heavy (non-hydrogen) atoms. The maximum atomic E-state index is 12.6. The minimum absolute atomic E-state index is 0.311. The topological polar surface area (TPSA) is 84.1 Å². The molecule has 3 aromatic rings. The summed E-state index contributed by atoms with van der Waals surface area (Å²) < 4.78 is 4.76. The van der Waals surface area contributed by atoms with E-state index < -0.39 is 5.97 Å². The first-order chi connectivity index (χ1) is 12.4. The second kappa shape index (κ2) is 7.31. The molecule has 0 fully saturated rings. The first kappa shape index (κ1) is 18.2. The van der Waals surface area contributed by atoms with Gasteiger partial charge in [0.1, 0.15) is 5.69 Å². The van der Waals surface area contributed by atoms with Crippen LogP contribution in [0.2, 0.25) is 5.02 Å². The van der Waals surface area contributed by atoms with Crippen molar-refractivity contribution in [3.63, 3.8) is 0 Å². The predicted molar refractivity (Wildman–Crippen MR) is 102 cm³/mol. The SMILES string of the molecule is COC(=O)c1c(C)[nH]c(C(=O)Nc2nc(-c3ccc(Cl)cc3)cs2)c1C. The molecule has 0 atom stereocenters. The van der Waals surface area contributed by atoms with Crippen molar-refractivity contribution >= 4 is 39.9 Å². The molecule has 1 amide bonds. The molecule has 0 aliphatic heterocycles. The molecule has 8 heteroatoms. The lowest BCUT2D eigenvalue weighted by molar-refractivity contribution is 0.0599. The van der Waals surface area contributed by atoms with E-state index in [1.54, 1.807) is 26.0 Å². The van der Waals surface area contributed by atoms with Crippen molar-refractivity contribution in [3.8, 4) is 11.3 Å². The Labute approximate surface area is 159 Å². The zero-order valence-electron chi connectivity index (χ0n) is 14.3. The number of aromatic amines is 1. The van der Waals surface area contributed by atoms with Crippen LogP contribution < -0.4 is 5.32 Å². The number of anilines is 1. The van der Waals surface area contributed by atoms with E-state index in [0.717, 1.165) is 11.3 Å². The minimum atomic E-state index is -0.477. The Kier molecular flexibility index (Phi) is 5.11. The summed E-state index contributed by atoms with van der Waals surface area (Å²) >= 11 is 7.21. The highest BCUT2D eigenvalue weighted by molar-refractivity contribution is 7.14. The summed E-state index contributed by atoms with van der Waals surface area (Å²) in [7, 11) is 1.31. The van der Waals surface area contributed by atoms with Crippen LogP contribution in [0.25, 0.3) is 11.3 Å². The second-order valence-electron chi connectivity index (χ2n) is 5.62. The Balaban J connectivity index is 1.81. The fraction of sp³-hybridized carbons (Fsp3) is 0.167. The van der Waals surface area contributed by atoms with Crippen LogP contribution in [-0.2, 0) is 4.74 Å². The van der Waals surface area contributed by atoms with Gasteiger partial charge in [-0.25, -0.2) is 9.78 Å². The third kappa shape index (κ3) is 3.49. The van der Waals surface area contributed by atoms with Crippen molar-refractivity contribution in [3.05, 3.63) is 57.2 Å². The normalized spacial score (nSPS) is 10.6. The monoisotopic (exact) mass is 389 g/mol. The Morgan fingerprint density at radius 2 is 1.92 bits per heavy atom. The molecule has 2 N–H and O–H groups in total. The average Bonchev–Trinajstić information content (AvgIpc) is 3.19. The number of methoxy groups -OCH3 is 1. The summed E-state index contributed by atoms with van der Waals surface area (Å²) in [5, 5.41) is 5.72. The van der Waals surface area contributed by atoms with Crippen molar-refractivity contribution in [1.82, 2.24) is 9.97 Å². The molecule has 3 rings (SSSR count). The molecule has 0 aliphatic carbocycles. The Bertz CT molecular complexity index is 976. The largest absolute Gasteiger partial charge is 0.465 e. The first-order valence-electron chi connectivity index (χ1n) is 7.71. The third-order valence-corrected chi connectivity index (χ3v) is 4.93. The highest BCUT2D eigenvalue weighted by Gasteiger charge is 2.23. The number of benzene rings is 1. The number of H-pyrrole nitrogens is 1. The van der Waals surface area contributed by atoms with Crippen LogP contribution in [0.1, 0.15) is 32.1 Å². The van der Waals surface area contributed by atoms with E-state index in [0.29, 0.717) is 32.7 Å². The second-order valence-corrected chi connectivity index (χ2v) is 6.91. The molecule has 2 heterocycles. The molecule has 0 radical (unpaired) electrons. The molecule has 0 aliphatic rings.